The number of nitrogens with one attached hydrogen (secondary N) is 1. The molecule has 0 bridgehead atoms. The number of amides is 4. The summed E-state index contributed by atoms with van der Waals surface area (Å²) in [6.45, 7) is 3.67. The topological polar surface area (TPSA) is 69.7 Å². The molecule has 4 amide bonds. The Hall–Kier alpha value is -2.37. The molecule has 0 radical (unpaired) electrons. The SMILES string of the molecule is CCCN(Cc1ccccc1)C(=O)CCCN1C(=O)NC2(CCCC2)C1=O. The summed E-state index contributed by atoms with van der Waals surface area (Å²) in [5, 5.41) is 2.89. The van der Waals surface area contributed by atoms with Gasteiger partial charge in [0.25, 0.3) is 5.91 Å². The summed E-state index contributed by atoms with van der Waals surface area (Å²) in [4.78, 5) is 40.7. The first-order valence-electron chi connectivity index (χ1n) is 10.0. The standard InChI is InChI=1S/C21H29N3O3/c1-2-14-23(16-17-9-4-3-5-10-17)18(25)11-8-15-24-19(26)21(22-20(24)27)12-6-7-13-21/h3-5,9-10H,2,6-8,11-16H2,1H3,(H,22,27). The van der Waals surface area contributed by atoms with Gasteiger partial charge < -0.3 is 10.2 Å². The van der Waals surface area contributed by atoms with Gasteiger partial charge in [-0.1, -0.05) is 50.1 Å². The van der Waals surface area contributed by atoms with Gasteiger partial charge in [-0.15, -0.1) is 0 Å². The van der Waals surface area contributed by atoms with Crippen molar-refractivity contribution in [1.82, 2.24) is 15.1 Å². The van der Waals surface area contributed by atoms with Crippen molar-refractivity contribution in [3.8, 4) is 0 Å². The van der Waals surface area contributed by atoms with E-state index in [0.29, 0.717) is 32.5 Å². The van der Waals surface area contributed by atoms with E-state index in [1.807, 2.05) is 35.2 Å². The summed E-state index contributed by atoms with van der Waals surface area (Å²) in [7, 11) is 0. The highest BCUT2D eigenvalue weighted by molar-refractivity contribution is 6.07. The molecule has 1 saturated carbocycles. The van der Waals surface area contributed by atoms with Gasteiger partial charge in [0.15, 0.2) is 0 Å². The summed E-state index contributed by atoms with van der Waals surface area (Å²) in [6, 6.07) is 9.64. The van der Waals surface area contributed by atoms with Crippen LogP contribution in [0.2, 0.25) is 0 Å². The molecule has 27 heavy (non-hydrogen) atoms. The summed E-state index contributed by atoms with van der Waals surface area (Å²) in [5.74, 6) is -0.0320. The predicted octanol–water partition coefficient (Wildman–Crippen LogP) is 3.07. The van der Waals surface area contributed by atoms with Crippen LogP contribution in [0.4, 0.5) is 4.79 Å². The molecule has 2 aliphatic rings. The molecule has 146 valence electrons. The number of rotatable bonds is 8. The Balaban J connectivity index is 1.51. The zero-order valence-corrected chi connectivity index (χ0v) is 16.1. The summed E-state index contributed by atoms with van der Waals surface area (Å²) in [6.07, 6.45) is 5.16. The van der Waals surface area contributed by atoms with Crippen LogP contribution in [-0.2, 0) is 16.1 Å². The lowest BCUT2D eigenvalue weighted by atomic mass is 9.98. The van der Waals surface area contributed by atoms with Crippen LogP contribution >= 0.6 is 0 Å². The van der Waals surface area contributed by atoms with Crippen LogP contribution in [0.15, 0.2) is 30.3 Å². The van der Waals surface area contributed by atoms with Crippen molar-refractivity contribution < 1.29 is 14.4 Å². The minimum atomic E-state index is -0.664. The number of benzene rings is 1. The van der Waals surface area contributed by atoms with E-state index in [1.54, 1.807) is 0 Å². The van der Waals surface area contributed by atoms with Crippen molar-refractivity contribution in [3.63, 3.8) is 0 Å². The molecule has 2 fully saturated rings. The summed E-state index contributed by atoms with van der Waals surface area (Å²) >= 11 is 0. The Morgan fingerprint density at radius 3 is 2.56 bits per heavy atom. The second-order valence-electron chi connectivity index (χ2n) is 7.58. The van der Waals surface area contributed by atoms with Crippen LogP contribution in [0.5, 0.6) is 0 Å². The van der Waals surface area contributed by atoms with E-state index in [9.17, 15) is 14.4 Å². The molecule has 6 heteroatoms. The van der Waals surface area contributed by atoms with Gasteiger partial charge in [0.2, 0.25) is 5.91 Å². The fraction of sp³-hybridized carbons (Fsp3) is 0.571. The molecule has 1 aliphatic heterocycles. The van der Waals surface area contributed by atoms with Crippen molar-refractivity contribution >= 4 is 17.8 Å². The van der Waals surface area contributed by atoms with Gasteiger partial charge in [0.1, 0.15) is 5.54 Å². The molecule has 0 aromatic heterocycles. The number of nitrogens with zero attached hydrogens (tertiary/aromatic N) is 2. The van der Waals surface area contributed by atoms with E-state index in [1.165, 1.54) is 4.90 Å². The molecule has 0 unspecified atom stereocenters. The highest BCUT2D eigenvalue weighted by Gasteiger charge is 2.52. The van der Waals surface area contributed by atoms with E-state index in [2.05, 4.69) is 12.2 Å². The van der Waals surface area contributed by atoms with Gasteiger partial charge >= 0.3 is 6.03 Å². The van der Waals surface area contributed by atoms with E-state index >= 15 is 0 Å². The third-order valence-electron chi connectivity index (χ3n) is 5.54. The average molecular weight is 371 g/mol. The first-order valence-corrected chi connectivity index (χ1v) is 10.0. The first-order chi connectivity index (χ1) is 13.1. The molecular weight excluding hydrogens is 342 g/mol. The van der Waals surface area contributed by atoms with Crippen LogP contribution < -0.4 is 5.32 Å². The maximum absolute atomic E-state index is 12.6. The van der Waals surface area contributed by atoms with Gasteiger partial charge in [0.05, 0.1) is 0 Å². The minimum absolute atomic E-state index is 0.0725. The van der Waals surface area contributed by atoms with Crippen molar-refractivity contribution in [1.29, 1.82) is 0 Å². The van der Waals surface area contributed by atoms with Crippen LogP contribution in [0, 0.1) is 0 Å². The lowest BCUT2D eigenvalue weighted by Crippen LogP contribution is -2.44. The Kier molecular flexibility index (Phi) is 6.14. The largest absolute Gasteiger partial charge is 0.338 e. The Labute approximate surface area is 160 Å². The predicted molar refractivity (Wildman–Crippen MR) is 103 cm³/mol. The molecule has 0 atom stereocenters. The smallest absolute Gasteiger partial charge is 0.325 e. The van der Waals surface area contributed by atoms with E-state index in [0.717, 1.165) is 37.7 Å². The van der Waals surface area contributed by atoms with Gasteiger partial charge in [-0.05, 0) is 31.2 Å². The molecule has 1 saturated heterocycles. The molecule has 6 nitrogen and oxygen atoms in total. The number of imide groups is 1. The molecule has 3 rings (SSSR count). The molecule has 1 N–H and O–H groups in total. The molecule has 1 spiro atoms. The molecule has 1 aliphatic carbocycles. The maximum Gasteiger partial charge on any atom is 0.325 e. The number of carbonyl (C=O) groups is 3. The van der Waals surface area contributed by atoms with Crippen molar-refractivity contribution in [2.45, 2.75) is 64.0 Å². The Bertz CT molecular complexity index is 683. The van der Waals surface area contributed by atoms with Crippen molar-refractivity contribution in [2.75, 3.05) is 13.1 Å². The van der Waals surface area contributed by atoms with E-state index < -0.39 is 5.54 Å². The third kappa shape index (κ3) is 4.31. The zero-order valence-electron chi connectivity index (χ0n) is 16.1. The second kappa shape index (κ2) is 8.55. The minimum Gasteiger partial charge on any atom is -0.338 e. The van der Waals surface area contributed by atoms with Crippen molar-refractivity contribution in [3.05, 3.63) is 35.9 Å². The van der Waals surface area contributed by atoms with Crippen LogP contribution in [-0.4, -0.2) is 46.3 Å². The number of carbonyl (C=O) groups excluding carboxylic acids is 3. The Morgan fingerprint density at radius 2 is 1.89 bits per heavy atom. The highest BCUT2D eigenvalue weighted by Crippen LogP contribution is 2.35. The summed E-state index contributed by atoms with van der Waals surface area (Å²) in [5.41, 5.74) is 0.444. The average Bonchev–Trinajstić information content (AvgIpc) is 3.22. The van der Waals surface area contributed by atoms with Crippen LogP contribution in [0.25, 0.3) is 0 Å². The fourth-order valence-corrected chi connectivity index (χ4v) is 4.11. The van der Waals surface area contributed by atoms with Crippen LogP contribution in [0.3, 0.4) is 0 Å². The second-order valence-corrected chi connectivity index (χ2v) is 7.58. The molecule has 1 aromatic carbocycles. The van der Waals surface area contributed by atoms with E-state index in [-0.39, 0.29) is 17.8 Å². The normalized spacial score (nSPS) is 18.2. The number of hydrogen-bond donors (Lipinski definition) is 1. The number of hydrogen-bond acceptors (Lipinski definition) is 3. The third-order valence-corrected chi connectivity index (χ3v) is 5.54. The molecule has 1 aromatic rings. The zero-order chi connectivity index (χ0) is 19.3. The highest BCUT2D eigenvalue weighted by atomic mass is 16.2. The quantitative estimate of drug-likeness (QED) is 0.714. The summed E-state index contributed by atoms with van der Waals surface area (Å²) < 4.78 is 0. The monoisotopic (exact) mass is 371 g/mol. The van der Waals surface area contributed by atoms with E-state index in [4.69, 9.17) is 0 Å². The molecular formula is C21H29N3O3. The van der Waals surface area contributed by atoms with Gasteiger partial charge in [-0.2, -0.15) is 0 Å². The Morgan fingerprint density at radius 1 is 1.19 bits per heavy atom. The first kappa shape index (κ1) is 19.4. The maximum atomic E-state index is 12.6. The van der Waals surface area contributed by atoms with Gasteiger partial charge in [0, 0.05) is 26.1 Å². The molecule has 1 heterocycles. The van der Waals surface area contributed by atoms with Crippen molar-refractivity contribution in [2.24, 2.45) is 0 Å². The lowest BCUT2D eigenvalue weighted by Gasteiger charge is -2.23. The number of urea groups is 1. The van der Waals surface area contributed by atoms with Crippen LogP contribution in [0.1, 0.15) is 57.4 Å². The van der Waals surface area contributed by atoms with Gasteiger partial charge in [-0.3, -0.25) is 14.5 Å². The lowest BCUT2D eigenvalue weighted by molar-refractivity contribution is -0.133. The van der Waals surface area contributed by atoms with Gasteiger partial charge in [-0.25, -0.2) is 4.79 Å². The fourth-order valence-electron chi connectivity index (χ4n) is 4.11.